The Labute approximate surface area is 90.1 Å². The van der Waals surface area contributed by atoms with Crippen LogP contribution in [-0.4, -0.2) is 27.1 Å². The molecule has 0 atom stereocenters. The van der Waals surface area contributed by atoms with Crippen LogP contribution < -0.4 is 0 Å². The van der Waals surface area contributed by atoms with Gasteiger partial charge in [-0.2, -0.15) is 4.37 Å². The molecule has 15 heavy (non-hydrogen) atoms. The van der Waals surface area contributed by atoms with Crippen LogP contribution in [0.15, 0.2) is 6.07 Å². The van der Waals surface area contributed by atoms with Gasteiger partial charge in [0.1, 0.15) is 10.5 Å². The summed E-state index contributed by atoms with van der Waals surface area (Å²) in [5.74, 6) is -0.927. The van der Waals surface area contributed by atoms with Crippen molar-refractivity contribution in [2.75, 3.05) is 7.11 Å². The van der Waals surface area contributed by atoms with E-state index in [1.54, 1.807) is 24.8 Å². The van der Waals surface area contributed by atoms with Gasteiger partial charge in [0.15, 0.2) is 0 Å². The highest BCUT2D eigenvalue weighted by atomic mass is 32.1. The number of aromatic carboxylic acids is 1. The third kappa shape index (κ3) is 1.51. The minimum atomic E-state index is -0.927. The van der Waals surface area contributed by atoms with E-state index < -0.39 is 5.97 Å². The second kappa shape index (κ2) is 3.63. The monoisotopic (exact) mass is 226 g/mol. The molecule has 6 heteroatoms. The second-order valence-corrected chi connectivity index (χ2v) is 3.93. The predicted molar refractivity (Wildman–Crippen MR) is 56.3 cm³/mol. The zero-order valence-electron chi connectivity index (χ0n) is 8.35. The Morgan fingerprint density at radius 1 is 1.73 bits per heavy atom. The Balaban J connectivity index is 2.61. The van der Waals surface area contributed by atoms with Gasteiger partial charge in [0.2, 0.25) is 0 Å². The molecule has 5 nitrogen and oxygen atoms in total. The summed E-state index contributed by atoms with van der Waals surface area (Å²) in [7, 11) is 3.31. The van der Waals surface area contributed by atoms with E-state index in [1.165, 1.54) is 11.5 Å². The van der Waals surface area contributed by atoms with Crippen molar-refractivity contribution in [1.29, 1.82) is 0 Å². The molecule has 0 fully saturated rings. The minimum absolute atomic E-state index is 0.274. The van der Waals surface area contributed by atoms with Gasteiger partial charge in [-0.3, -0.25) is 0 Å². The van der Waals surface area contributed by atoms with Crippen LogP contribution in [0, 0.1) is 0 Å². The van der Waals surface area contributed by atoms with Gasteiger partial charge in [-0.05, 0) is 17.6 Å². The average Bonchev–Trinajstić information content (AvgIpc) is 2.69. The summed E-state index contributed by atoms with van der Waals surface area (Å²) in [5, 5.41) is 9.80. The fraction of sp³-hybridized carbons (Fsp3) is 0.333. The zero-order chi connectivity index (χ0) is 11.0. The molecule has 2 aromatic heterocycles. The number of hydrogen-bond acceptors (Lipinski definition) is 4. The molecule has 0 bridgehead atoms. The molecule has 2 rings (SSSR count). The fourth-order valence-electron chi connectivity index (χ4n) is 1.50. The topological polar surface area (TPSA) is 64.3 Å². The van der Waals surface area contributed by atoms with E-state index in [4.69, 9.17) is 9.84 Å². The van der Waals surface area contributed by atoms with Crippen molar-refractivity contribution >= 4 is 27.7 Å². The molecule has 1 N–H and O–H groups in total. The summed E-state index contributed by atoms with van der Waals surface area (Å²) in [6.07, 6.45) is 0. The number of rotatable bonds is 3. The third-order valence-corrected chi connectivity index (χ3v) is 3.21. The van der Waals surface area contributed by atoms with Crippen molar-refractivity contribution in [2.24, 2.45) is 7.05 Å². The molecule has 0 amide bonds. The van der Waals surface area contributed by atoms with Crippen molar-refractivity contribution < 1.29 is 14.6 Å². The van der Waals surface area contributed by atoms with Crippen molar-refractivity contribution in [2.45, 2.75) is 6.61 Å². The minimum Gasteiger partial charge on any atom is -0.477 e. The number of nitrogens with zero attached hydrogens (tertiary/aromatic N) is 2. The summed E-state index contributed by atoms with van der Waals surface area (Å²) in [5.41, 5.74) is 1.07. The molecular weight excluding hydrogens is 216 g/mol. The molecule has 0 saturated heterocycles. The van der Waals surface area contributed by atoms with E-state index in [-0.39, 0.29) is 5.69 Å². The highest BCUT2D eigenvalue weighted by molar-refractivity contribution is 7.13. The molecule has 0 aliphatic heterocycles. The largest absolute Gasteiger partial charge is 0.477 e. The molecular formula is C9H10N2O3S. The zero-order valence-corrected chi connectivity index (χ0v) is 9.17. The van der Waals surface area contributed by atoms with Crippen LogP contribution in [0.4, 0.5) is 0 Å². The Kier molecular flexibility index (Phi) is 2.45. The standard InChI is InChI=1S/C9H10N2O3S/c1-11-7(9(12)13)3-5-6(4-14-2)10-15-8(5)11/h3H,4H2,1-2H3,(H,12,13). The first kappa shape index (κ1) is 10.1. The number of carbonyl (C=O) groups is 1. The van der Waals surface area contributed by atoms with Gasteiger partial charge < -0.3 is 14.4 Å². The normalized spacial score (nSPS) is 11.1. The second-order valence-electron chi connectivity index (χ2n) is 3.17. The molecule has 0 aliphatic rings. The SMILES string of the molecule is COCc1nsc2c1cc(C(=O)O)n2C. The number of carboxylic acids is 1. The first-order chi connectivity index (χ1) is 7.15. The van der Waals surface area contributed by atoms with E-state index in [2.05, 4.69) is 4.37 Å². The summed E-state index contributed by atoms with van der Waals surface area (Å²) in [4.78, 5) is 11.8. The Morgan fingerprint density at radius 2 is 2.47 bits per heavy atom. The lowest BCUT2D eigenvalue weighted by Crippen LogP contribution is -2.03. The number of fused-ring (bicyclic) bond motifs is 1. The smallest absolute Gasteiger partial charge is 0.352 e. The lowest BCUT2D eigenvalue weighted by molar-refractivity contribution is 0.0687. The summed E-state index contributed by atoms with van der Waals surface area (Å²) in [6, 6.07) is 1.63. The number of hydrogen-bond donors (Lipinski definition) is 1. The van der Waals surface area contributed by atoms with E-state index in [9.17, 15) is 4.79 Å². The number of ether oxygens (including phenoxy) is 1. The number of aryl methyl sites for hydroxylation is 1. The lowest BCUT2D eigenvalue weighted by Gasteiger charge is -1.95. The van der Waals surface area contributed by atoms with Crippen LogP contribution >= 0.6 is 11.5 Å². The average molecular weight is 226 g/mol. The molecule has 0 aromatic carbocycles. The summed E-state index contributed by atoms with van der Waals surface area (Å²) in [6.45, 7) is 0.406. The van der Waals surface area contributed by atoms with E-state index >= 15 is 0 Å². The first-order valence-electron chi connectivity index (χ1n) is 4.31. The number of methoxy groups -OCH3 is 1. The molecule has 2 aromatic rings. The van der Waals surface area contributed by atoms with Crippen molar-refractivity contribution in [1.82, 2.24) is 8.94 Å². The maximum atomic E-state index is 10.9. The first-order valence-corrected chi connectivity index (χ1v) is 5.08. The van der Waals surface area contributed by atoms with Gasteiger partial charge in [-0.15, -0.1) is 0 Å². The van der Waals surface area contributed by atoms with Crippen LogP contribution in [-0.2, 0) is 18.4 Å². The van der Waals surface area contributed by atoms with Crippen LogP contribution in [0.5, 0.6) is 0 Å². The Bertz CT molecular complexity index is 515. The molecule has 0 radical (unpaired) electrons. The maximum absolute atomic E-state index is 10.9. The van der Waals surface area contributed by atoms with Gasteiger partial charge in [-0.1, -0.05) is 0 Å². The highest BCUT2D eigenvalue weighted by Gasteiger charge is 2.16. The van der Waals surface area contributed by atoms with Gasteiger partial charge in [0.05, 0.1) is 12.3 Å². The van der Waals surface area contributed by atoms with Crippen LogP contribution in [0.25, 0.3) is 10.2 Å². The highest BCUT2D eigenvalue weighted by Crippen LogP contribution is 2.26. The van der Waals surface area contributed by atoms with E-state index in [1.807, 2.05) is 0 Å². The Morgan fingerprint density at radius 3 is 3.07 bits per heavy atom. The molecule has 0 unspecified atom stereocenters. The van der Waals surface area contributed by atoms with E-state index in [0.717, 1.165) is 15.9 Å². The van der Waals surface area contributed by atoms with E-state index in [0.29, 0.717) is 6.61 Å². The summed E-state index contributed by atoms with van der Waals surface area (Å²) >= 11 is 1.29. The van der Waals surface area contributed by atoms with Gasteiger partial charge in [0, 0.05) is 19.5 Å². The third-order valence-electron chi connectivity index (χ3n) is 2.23. The van der Waals surface area contributed by atoms with Crippen molar-refractivity contribution in [3.63, 3.8) is 0 Å². The van der Waals surface area contributed by atoms with Crippen molar-refractivity contribution in [3.8, 4) is 0 Å². The van der Waals surface area contributed by atoms with Crippen LogP contribution in [0.1, 0.15) is 16.2 Å². The molecule has 0 aliphatic carbocycles. The number of carboxylic acid groups (broad SMARTS) is 1. The predicted octanol–water partition coefficient (Wildman–Crippen LogP) is 1.48. The van der Waals surface area contributed by atoms with Crippen LogP contribution in [0.3, 0.4) is 0 Å². The number of aromatic nitrogens is 2. The van der Waals surface area contributed by atoms with Crippen molar-refractivity contribution in [3.05, 3.63) is 17.5 Å². The summed E-state index contributed by atoms with van der Waals surface area (Å²) < 4.78 is 10.8. The maximum Gasteiger partial charge on any atom is 0.352 e. The van der Waals surface area contributed by atoms with Gasteiger partial charge in [0.25, 0.3) is 0 Å². The molecule has 0 spiro atoms. The quantitative estimate of drug-likeness (QED) is 0.861. The lowest BCUT2D eigenvalue weighted by atomic mass is 10.3. The molecule has 2 heterocycles. The van der Waals surface area contributed by atoms with Gasteiger partial charge in [-0.25, -0.2) is 4.79 Å². The molecule has 0 saturated carbocycles. The van der Waals surface area contributed by atoms with Gasteiger partial charge >= 0.3 is 5.97 Å². The fourth-order valence-corrected chi connectivity index (χ4v) is 2.34. The molecule has 80 valence electrons. The van der Waals surface area contributed by atoms with Crippen LogP contribution in [0.2, 0.25) is 0 Å². The Hall–Kier alpha value is -1.40.